The molecule has 17 heavy (non-hydrogen) atoms. The van der Waals surface area contributed by atoms with Gasteiger partial charge in [0.1, 0.15) is 0 Å². The minimum atomic E-state index is -0.952. The third kappa shape index (κ3) is 3.67. The number of hydrogen-bond donors (Lipinski definition) is 1. The molecule has 7 heteroatoms. The molecule has 0 bridgehead atoms. The van der Waals surface area contributed by atoms with Crippen LogP contribution in [0.1, 0.15) is 17.4 Å². The van der Waals surface area contributed by atoms with Crippen molar-refractivity contribution in [2.75, 3.05) is 13.6 Å². The van der Waals surface area contributed by atoms with Crippen LogP contribution in [0.2, 0.25) is 5.15 Å². The number of aliphatic carboxylic acids is 1. The molecular formula is C10H12ClN3O3. The van der Waals surface area contributed by atoms with Gasteiger partial charge in [-0.15, -0.1) is 10.2 Å². The first-order chi connectivity index (χ1) is 7.91. The van der Waals surface area contributed by atoms with Crippen molar-refractivity contribution in [2.45, 2.75) is 6.92 Å². The van der Waals surface area contributed by atoms with E-state index in [0.29, 0.717) is 0 Å². The zero-order chi connectivity index (χ0) is 13.0. The molecule has 0 saturated carbocycles. The number of carbonyl (C=O) groups excluding carboxylic acids is 1. The van der Waals surface area contributed by atoms with Gasteiger partial charge < -0.3 is 10.0 Å². The summed E-state index contributed by atoms with van der Waals surface area (Å²) in [5.74, 6) is -1.97. The molecule has 1 amide bonds. The Labute approximate surface area is 103 Å². The number of amides is 1. The van der Waals surface area contributed by atoms with E-state index >= 15 is 0 Å². The molecule has 0 aliphatic heterocycles. The second-order valence-corrected chi connectivity index (χ2v) is 4.05. The molecule has 92 valence electrons. The average Bonchev–Trinajstić information content (AvgIpc) is 2.28. The number of aromatic nitrogens is 2. The Balaban J connectivity index is 2.70. The van der Waals surface area contributed by atoms with E-state index in [1.165, 1.54) is 31.0 Å². The van der Waals surface area contributed by atoms with E-state index in [4.69, 9.17) is 16.7 Å². The average molecular weight is 258 g/mol. The lowest BCUT2D eigenvalue weighted by atomic mass is 10.1. The van der Waals surface area contributed by atoms with Crippen LogP contribution in [-0.4, -0.2) is 45.7 Å². The van der Waals surface area contributed by atoms with Crippen molar-refractivity contribution in [3.63, 3.8) is 0 Å². The van der Waals surface area contributed by atoms with E-state index in [9.17, 15) is 9.59 Å². The van der Waals surface area contributed by atoms with E-state index in [1.54, 1.807) is 0 Å². The maximum atomic E-state index is 11.8. The van der Waals surface area contributed by atoms with Gasteiger partial charge in [0, 0.05) is 13.6 Å². The van der Waals surface area contributed by atoms with Gasteiger partial charge in [-0.25, -0.2) is 0 Å². The molecular weight excluding hydrogens is 246 g/mol. The molecule has 1 atom stereocenters. The highest BCUT2D eigenvalue weighted by Crippen LogP contribution is 2.06. The molecule has 1 N–H and O–H groups in total. The first-order valence-electron chi connectivity index (χ1n) is 4.89. The number of halogens is 1. The van der Waals surface area contributed by atoms with E-state index in [1.807, 2.05) is 0 Å². The van der Waals surface area contributed by atoms with Gasteiger partial charge in [-0.3, -0.25) is 9.59 Å². The first kappa shape index (κ1) is 13.4. The fraction of sp³-hybridized carbons (Fsp3) is 0.400. The molecule has 0 saturated heterocycles. The van der Waals surface area contributed by atoms with E-state index in [2.05, 4.69) is 10.2 Å². The second kappa shape index (κ2) is 5.58. The molecule has 6 nitrogen and oxygen atoms in total. The Hall–Kier alpha value is -1.69. The van der Waals surface area contributed by atoms with Crippen LogP contribution in [0.4, 0.5) is 0 Å². The Kier molecular flexibility index (Phi) is 4.39. The van der Waals surface area contributed by atoms with Crippen molar-refractivity contribution < 1.29 is 14.7 Å². The van der Waals surface area contributed by atoms with Crippen molar-refractivity contribution >= 4 is 23.5 Å². The summed E-state index contributed by atoms with van der Waals surface area (Å²) in [5, 5.41) is 16.1. The summed E-state index contributed by atoms with van der Waals surface area (Å²) in [6.07, 6.45) is 0. The monoisotopic (exact) mass is 257 g/mol. The summed E-state index contributed by atoms with van der Waals surface area (Å²) in [5.41, 5.74) is 0.134. The molecule has 0 radical (unpaired) electrons. The standard InChI is InChI=1S/C10H12ClN3O3/c1-6(10(16)17)5-14(2)9(15)7-3-4-8(11)13-12-7/h3-4,6H,5H2,1-2H3,(H,16,17). The maximum absolute atomic E-state index is 11.8. The van der Waals surface area contributed by atoms with Crippen LogP contribution in [0.5, 0.6) is 0 Å². The van der Waals surface area contributed by atoms with Crippen LogP contribution in [0.3, 0.4) is 0 Å². The molecule has 1 rings (SSSR count). The molecule has 0 spiro atoms. The highest BCUT2D eigenvalue weighted by molar-refractivity contribution is 6.29. The van der Waals surface area contributed by atoms with E-state index in [-0.39, 0.29) is 23.3 Å². The number of nitrogens with zero attached hydrogens (tertiary/aromatic N) is 3. The molecule has 1 aromatic rings. The highest BCUT2D eigenvalue weighted by atomic mass is 35.5. The van der Waals surface area contributed by atoms with Crippen molar-refractivity contribution in [3.05, 3.63) is 23.0 Å². The van der Waals surface area contributed by atoms with Gasteiger partial charge >= 0.3 is 5.97 Å². The number of hydrogen-bond acceptors (Lipinski definition) is 4. The lowest BCUT2D eigenvalue weighted by Gasteiger charge is -2.18. The number of carboxylic acid groups (broad SMARTS) is 1. The highest BCUT2D eigenvalue weighted by Gasteiger charge is 2.19. The predicted molar refractivity (Wildman–Crippen MR) is 60.8 cm³/mol. The van der Waals surface area contributed by atoms with Crippen LogP contribution in [0.25, 0.3) is 0 Å². The second-order valence-electron chi connectivity index (χ2n) is 3.67. The SMILES string of the molecule is CC(CN(C)C(=O)c1ccc(Cl)nn1)C(=O)O. The number of rotatable bonds is 4. The van der Waals surface area contributed by atoms with Crippen LogP contribution >= 0.6 is 11.6 Å². The largest absolute Gasteiger partial charge is 0.481 e. The van der Waals surface area contributed by atoms with Crippen molar-refractivity contribution in [1.29, 1.82) is 0 Å². The Bertz CT molecular complexity index is 421. The summed E-state index contributed by atoms with van der Waals surface area (Å²) in [6.45, 7) is 1.64. The van der Waals surface area contributed by atoms with Crippen LogP contribution < -0.4 is 0 Å². The fourth-order valence-corrected chi connectivity index (χ4v) is 1.30. The number of carbonyl (C=O) groups is 2. The van der Waals surface area contributed by atoms with Gasteiger partial charge in [0.15, 0.2) is 10.8 Å². The molecule has 1 aromatic heterocycles. The van der Waals surface area contributed by atoms with Crippen LogP contribution in [0, 0.1) is 5.92 Å². The molecule has 1 unspecified atom stereocenters. The van der Waals surface area contributed by atoms with Crippen molar-refractivity contribution in [1.82, 2.24) is 15.1 Å². The lowest BCUT2D eigenvalue weighted by molar-refractivity contribution is -0.141. The molecule has 0 aliphatic carbocycles. The minimum Gasteiger partial charge on any atom is -0.481 e. The Morgan fingerprint density at radius 1 is 1.47 bits per heavy atom. The quantitative estimate of drug-likeness (QED) is 0.867. The maximum Gasteiger partial charge on any atom is 0.308 e. The minimum absolute atomic E-state index is 0.110. The summed E-state index contributed by atoms with van der Waals surface area (Å²) >= 11 is 5.55. The van der Waals surface area contributed by atoms with E-state index in [0.717, 1.165) is 0 Å². The summed E-state index contributed by atoms with van der Waals surface area (Å²) in [4.78, 5) is 23.7. The predicted octanol–water partition coefficient (Wildman–Crippen LogP) is 0.923. The first-order valence-corrected chi connectivity index (χ1v) is 5.27. The Morgan fingerprint density at radius 2 is 2.12 bits per heavy atom. The third-order valence-corrected chi connectivity index (χ3v) is 2.37. The van der Waals surface area contributed by atoms with E-state index < -0.39 is 11.9 Å². The summed E-state index contributed by atoms with van der Waals surface area (Å²) < 4.78 is 0. The van der Waals surface area contributed by atoms with Gasteiger partial charge in [-0.1, -0.05) is 18.5 Å². The van der Waals surface area contributed by atoms with Gasteiger partial charge in [0.25, 0.3) is 5.91 Å². The Morgan fingerprint density at radius 3 is 2.59 bits per heavy atom. The smallest absolute Gasteiger partial charge is 0.308 e. The third-order valence-electron chi connectivity index (χ3n) is 2.17. The van der Waals surface area contributed by atoms with Gasteiger partial charge in [-0.2, -0.15) is 0 Å². The number of carboxylic acids is 1. The summed E-state index contributed by atoms with van der Waals surface area (Å²) in [6, 6.07) is 2.90. The molecule has 0 aliphatic rings. The fourth-order valence-electron chi connectivity index (χ4n) is 1.20. The normalized spacial score (nSPS) is 11.9. The van der Waals surface area contributed by atoms with Gasteiger partial charge in [-0.05, 0) is 12.1 Å². The van der Waals surface area contributed by atoms with Crippen molar-refractivity contribution in [2.24, 2.45) is 5.92 Å². The van der Waals surface area contributed by atoms with Crippen LogP contribution in [0.15, 0.2) is 12.1 Å². The molecule has 0 aromatic carbocycles. The topological polar surface area (TPSA) is 83.4 Å². The zero-order valence-electron chi connectivity index (χ0n) is 9.42. The van der Waals surface area contributed by atoms with Gasteiger partial charge in [0.2, 0.25) is 0 Å². The summed E-state index contributed by atoms with van der Waals surface area (Å²) in [7, 11) is 1.51. The van der Waals surface area contributed by atoms with Gasteiger partial charge in [0.05, 0.1) is 5.92 Å². The lowest BCUT2D eigenvalue weighted by Crippen LogP contribution is -2.34. The molecule has 1 heterocycles. The van der Waals surface area contributed by atoms with Crippen molar-refractivity contribution in [3.8, 4) is 0 Å². The van der Waals surface area contributed by atoms with Crippen LogP contribution in [-0.2, 0) is 4.79 Å². The molecule has 0 fully saturated rings. The zero-order valence-corrected chi connectivity index (χ0v) is 10.2.